The van der Waals surface area contributed by atoms with Gasteiger partial charge in [-0.3, -0.25) is 9.69 Å². The van der Waals surface area contributed by atoms with Crippen molar-refractivity contribution in [3.63, 3.8) is 0 Å². The predicted molar refractivity (Wildman–Crippen MR) is 108 cm³/mol. The van der Waals surface area contributed by atoms with Gasteiger partial charge in [0.2, 0.25) is 5.95 Å². The molecule has 144 valence electrons. The summed E-state index contributed by atoms with van der Waals surface area (Å²) in [5.41, 5.74) is 2.28. The number of anilines is 1. The molecule has 1 fully saturated rings. The lowest BCUT2D eigenvalue weighted by Gasteiger charge is -2.35. The van der Waals surface area contributed by atoms with Crippen molar-refractivity contribution in [1.29, 1.82) is 0 Å². The first-order chi connectivity index (χ1) is 12.8. The maximum Gasteiger partial charge on any atom is 0.270 e. The molecular formula is C21H29N5O. The Balaban J connectivity index is 1.64. The molecule has 0 spiro atoms. The summed E-state index contributed by atoms with van der Waals surface area (Å²) in [6, 6.07) is 12.3. The van der Waals surface area contributed by atoms with Gasteiger partial charge in [0.05, 0.1) is 0 Å². The van der Waals surface area contributed by atoms with Crippen LogP contribution < -0.4 is 10.2 Å². The van der Waals surface area contributed by atoms with E-state index in [9.17, 15) is 4.79 Å². The second-order valence-electron chi connectivity index (χ2n) is 8.15. The minimum Gasteiger partial charge on any atom is -0.346 e. The third-order valence-corrected chi connectivity index (χ3v) is 4.47. The van der Waals surface area contributed by atoms with Crippen LogP contribution in [0.25, 0.3) is 0 Å². The number of hydrogen-bond donors (Lipinski definition) is 1. The average Bonchev–Trinajstić information content (AvgIpc) is 2.61. The molecule has 27 heavy (non-hydrogen) atoms. The van der Waals surface area contributed by atoms with Gasteiger partial charge < -0.3 is 10.2 Å². The minimum absolute atomic E-state index is 0.156. The first-order valence-electron chi connectivity index (χ1n) is 9.49. The molecule has 1 aliphatic heterocycles. The van der Waals surface area contributed by atoms with Crippen LogP contribution >= 0.6 is 0 Å². The third-order valence-electron chi connectivity index (χ3n) is 4.47. The van der Waals surface area contributed by atoms with Gasteiger partial charge in [-0.15, -0.1) is 0 Å². The molecule has 3 rings (SSSR count). The number of piperazine rings is 1. The molecule has 0 aliphatic carbocycles. The molecule has 1 saturated heterocycles. The van der Waals surface area contributed by atoms with Crippen LogP contribution in [0.1, 0.15) is 42.5 Å². The SMILES string of the molecule is Cc1cc(C(=O)NC(C)(C)C)nc(N2CCN(Cc3ccccc3)CC2)n1. The minimum atomic E-state index is -0.292. The molecule has 1 aliphatic rings. The predicted octanol–water partition coefficient (Wildman–Crippen LogP) is 2.64. The van der Waals surface area contributed by atoms with Crippen LogP contribution in [-0.2, 0) is 6.54 Å². The Labute approximate surface area is 161 Å². The lowest BCUT2D eigenvalue weighted by molar-refractivity contribution is 0.0914. The summed E-state index contributed by atoms with van der Waals surface area (Å²) >= 11 is 0. The van der Waals surface area contributed by atoms with Gasteiger partial charge in [-0.05, 0) is 39.3 Å². The number of aromatic nitrogens is 2. The normalized spacial score (nSPS) is 15.6. The maximum absolute atomic E-state index is 12.5. The number of aryl methyl sites for hydroxylation is 1. The lowest BCUT2D eigenvalue weighted by Crippen LogP contribution is -2.47. The molecule has 0 atom stereocenters. The van der Waals surface area contributed by atoms with Crippen molar-refractivity contribution >= 4 is 11.9 Å². The summed E-state index contributed by atoms with van der Waals surface area (Å²) in [6.07, 6.45) is 0. The fourth-order valence-corrected chi connectivity index (χ4v) is 3.16. The molecule has 0 unspecified atom stereocenters. The second-order valence-corrected chi connectivity index (χ2v) is 8.15. The van der Waals surface area contributed by atoms with Gasteiger partial charge in [-0.2, -0.15) is 0 Å². The average molecular weight is 367 g/mol. The van der Waals surface area contributed by atoms with Gasteiger partial charge >= 0.3 is 0 Å². The number of carbonyl (C=O) groups excluding carboxylic acids is 1. The van der Waals surface area contributed by atoms with E-state index in [0.717, 1.165) is 38.4 Å². The third kappa shape index (κ3) is 5.50. The monoisotopic (exact) mass is 367 g/mol. The van der Waals surface area contributed by atoms with E-state index in [-0.39, 0.29) is 11.4 Å². The highest BCUT2D eigenvalue weighted by molar-refractivity contribution is 5.93. The molecule has 6 nitrogen and oxygen atoms in total. The summed E-state index contributed by atoms with van der Waals surface area (Å²) in [4.78, 5) is 26.2. The van der Waals surface area contributed by atoms with Crippen molar-refractivity contribution in [2.24, 2.45) is 0 Å². The highest BCUT2D eigenvalue weighted by atomic mass is 16.2. The van der Waals surface area contributed by atoms with Crippen molar-refractivity contribution in [2.45, 2.75) is 39.8 Å². The molecule has 0 bridgehead atoms. The van der Waals surface area contributed by atoms with E-state index in [1.165, 1.54) is 5.56 Å². The number of benzene rings is 1. The van der Waals surface area contributed by atoms with E-state index in [2.05, 4.69) is 49.4 Å². The van der Waals surface area contributed by atoms with Crippen LogP contribution in [-0.4, -0.2) is 52.5 Å². The Morgan fingerprint density at radius 2 is 1.74 bits per heavy atom. The highest BCUT2D eigenvalue weighted by Crippen LogP contribution is 2.15. The number of carbonyl (C=O) groups is 1. The van der Waals surface area contributed by atoms with Crippen LogP contribution in [0.5, 0.6) is 0 Å². The van der Waals surface area contributed by atoms with Gasteiger partial charge in [0.15, 0.2) is 0 Å². The smallest absolute Gasteiger partial charge is 0.270 e. The summed E-state index contributed by atoms with van der Waals surface area (Å²) in [7, 11) is 0. The molecule has 1 aromatic heterocycles. The zero-order valence-corrected chi connectivity index (χ0v) is 16.7. The van der Waals surface area contributed by atoms with Crippen molar-refractivity contribution in [1.82, 2.24) is 20.2 Å². The van der Waals surface area contributed by atoms with Crippen molar-refractivity contribution in [2.75, 3.05) is 31.1 Å². The van der Waals surface area contributed by atoms with Crippen LogP contribution in [0.3, 0.4) is 0 Å². The number of rotatable bonds is 4. The standard InChI is InChI=1S/C21H29N5O/c1-16-14-18(19(27)24-21(2,3)4)23-20(22-16)26-12-10-25(11-13-26)15-17-8-6-5-7-9-17/h5-9,14H,10-13,15H2,1-4H3,(H,24,27). The van der Waals surface area contributed by atoms with E-state index >= 15 is 0 Å². The van der Waals surface area contributed by atoms with Gasteiger partial charge in [-0.1, -0.05) is 30.3 Å². The molecule has 1 N–H and O–H groups in total. The molecular weight excluding hydrogens is 338 g/mol. The van der Waals surface area contributed by atoms with Crippen molar-refractivity contribution < 1.29 is 4.79 Å². The number of nitrogens with one attached hydrogen (secondary N) is 1. The Bertz CT molecular complexity index is 777. The first kappa shape index (κ1) is 19.3. The van der Waals surface area contributed by atoms with Gasteiger partial charge in [0.1, 0.15) is 5.69 Å². The van der Waals surface area contributed by atoms with Crippen LogP contribution in [0.4, 0.5) is 5.95 Å². The van der Waals surface area contributed by atoms with Crippen LogP contribution in [0.15, 0.2) is 36.4 Å². The molecule has 1 aromatic carbocycles. The van der Waals surface area contributed by atoms with Gasteiger partial charge in [0.25, 0.3) is 5.91 Å². The van der Waals surface area contributed by atoms with Crippen molar-refractivity contribution in [3.8, 4) is 0 Å². The van der Waals surface area contributed by atoms with E-state index in [0.29, 0.717) is 11.6 Å². The van der Waals surface area contributed by atoms with E-state index < -0.39 is 0 Å². The molecule has 2 heterocycles. The highest BCUT2D eigenvalue weighted by Gasteiger charge is 2.22. The quantitative estimate of drug-likeness (QED) is 0.900. The van der Waals surface area contributed by atoms with Gasteiger partial charge in [0, 0.05) is 44.0 Å². The van der Waals surface area contributed by atoms with E-state index in [1.807, 2.05) is 33.8 Å². The Kier molecular flexibility index (Phi) is 5.75. The maximum atomic E-state index is 12.5. The largest absolute Gasteiger partial charge is 0.346 e. The fraction of sp³-hybridized carbons (Fsp3) is 0.476. The van der Waals surface area contributed by atoms with E-state index in [4.69, 9.17) is 0 Å². The van der Waals surface area contributed by atoms with Crippen LogP contribution in [0.2, 0.25) is 0 Å². The molecule has 6 heteroatoms. The number of nitrogens with zero attached hydrogens (tertiary/aromatic N) is 4. The van der Waals surface area contributed by atoms with E-state index in [1.54, 1.807) is 6.07 Å². The van der Waals surface area contributed by atoms with Crippen molar-refractivity contribution in [3.05, 3.63) is 53.3 Å². The van der Waals surface area contributed by atoms with Gasteiger partial charge in [-0.25, -0.2) is 9.97 Å². The second kappa shape index (κ2) is 8.05. The fourth-order valence-electron chi connectivity index (χ4n) is 3.16. The molecule has 2 aromatic rings. The van der Waals surface area contributed by atoms with Crippen LogP contribution in [0, 0.1) is 6.92 Å². The topological polar surface area (TPSA) is 61.4 Å². The molecule has 1 amide bonds. The molecule has 0 radical (unpaired) electrons. The summed E-state index contributed by atoms with van der Waals surface area (Å²) < 4.78 is 0. The Morgan fingerprint density at radius 3 is 2.37 bits per heavy atom. The zero-order valence-electron chi connectivity index (χ0n) is 16.7. The lowest BCUT2D eigenvalue weighted by atomic mass is 10.1. The number of amides is 1. The zero-order chi connectivity index (χ0) is 19.4. The summed E-state index contributed by atoms with van der Waals surface area (Å²) in [5.74, 6) is 0.491. The summed E-state index contributed by atoms with van der Waals surface area (Å²) in [6.45, 7) is 12.4. The Morgan fingerprint density at radius 1 is 1.07 bits per heavy atom. The first-order valence-corrected chi connectivity index (χ1v) is 9.49. The Hall–Kier alpha value is -2.47. The molecule has 0 saturated carbocycles. The summed E-state index contributed by atoms with van der Waals surface area (Å²) in [5, 5.41) is 2.97. The number of hydrogen-bond acceptors (Lipinski definition) is 5.